The van der Waals surface area contributed by atoms with E-state index >= 15 is 0 Å². The number of aliphatic carboxylic acids is 1. The quantitative estimate of drug-likeness (QED) is 0.643. The van der Waals surface area contributed by atoms with Gasteiger partial charge < -0.3 is 20.1 Å². The number of nitrogens with one attached hydrogen (secondary N) is 1. The first-order valence-electron chi connectivity index (χ1n) is 7.84. The van der Waals surface area contributed by atoms with Crippen LogP contribution in [0, 0.1) is 0 Å². The Hall–Kier alpha value is -2.22. The van der Waals surface area contributed by atoms with Crippen LogP contribution in [0.3, 0.4) is 0 Å². The molecule has 0 bridgehead atoms. The molecule has 0 aliphatic heterocycles. The molecule has 1 aromatic carbocycles. The van der Waals surface area contributed by atoms with Crippen molar-refractivity contribution in [3.8, 4) is 5.75 Å². The minimum Gasteiger partial charge on any atom is -0.481 e. The minimum atomic E-state index is -1.12. The first kappa shape index (κ1) is 20.8. The van der Waals surface area contributed by atoms with Crippen molar-refractivity contribution in [3.63, 3.8) is 0 Å². The number of rotatable bonds is 9. The molecule has 8 heteroatoms. The summed E-state index contributed by atoms with van der Waals surface area (Å²) in [6.07, 6.45) is 1.11. The van der Waals surface area contributed by atoms with Crippen LogP contribution in [0.2, 0.25) is 0 Å². The van der Waals surface area contributed by atoms with Crippen molar-refractivity contribution < 1.29 is 24.2 Å². The predicted octanol–water partition coefficient (Wildman–Crippen LogP) is 1.61. The van der Waals surface area contributed by atoms with Gasteiger partial charge in [-0.15, -0.1) is 11.8 Å². The lowest BCUT2D eigenvalue weighted by atomic mass is 10.2. The molecule has 0 fully saturated rings. The van der Waals surface area contributed by atoms with E-state index in [1.165, 1.54) is 18.7 Å². The van der Waals surface area contributed by atoms with E-state index < -0.39 is 24.0 Å². The average molecular weight is 368 g/mol. The highest BCUT2D eigenvalue weighted by molar-refractivity contribution is 7.98. The van der Waals surface area contributed by atoms with E-state index in [-0.39, 0.29) is 19.0 Å². The second kappa shape index (κ2) is 9.93. The molecular weight excluding hydrogens is 344 g/mol. The van der Waals surface area contributed by atoms with E-state index in [9.17, 15) is 19.5 Å². The van der Waals surface area contributed by atoms with Gasteiger partial charge in [-0.1, -0.05) is 0 Å². The summed E-state index contributed by atoms with van der Waals surface area (Å²) < 4.78 is 5.63. The second-order valence-electron chi connectivity index (χ2n) is 5.46. The van der Waals surface area contributed by atoms with Gasteiger partial charge in [0, 0.05) is 24.9 Å². The first-order chi connectivity index (χ1) is 11.8. The third-order valence-electron chi connectivity index (χ3n) is 3.55. The fourth-order valence-corrected chi connectivity index (χ4v) is 2.53. The van der Waals surface area contributed by atoms with E-state index in [4.69, 9.17) is 4.74 Å². The summed E-state index contributed by atoms with van der Waals surface area (Å²) in [6, 6.07) is 6.26. The topological polar surface area (TPSA) is 95.9 Å². The fourth-order valence-electron chi connectivity index (χ4n) is 2.12. The molecule has 7 nitrogen and oxygen atoms in total. The largest absolute Gasteiger partial charge is 0.481 e. The van der Waals surface area contributed by atoms with Gasteiger partial charge in [-0.05, 0) is 44.4 Å². The third-order valence-corrected chi connectivity index (χ3v) is 4.30. The van der Waals surface area contributed by atoms with Crippen LogP contribution in [0.4, 0.5) is 0 Å². The normalized spacial score (nSPS) is 12.8. The van der Waals surface area contributed by atoms with E-state index in [1.54, 1.807) is 30.8 Å². The van der Waals surface area contributed by atoms with Gasteiger partial charge in [-0.3, -0.25) is 9.59 Å². The maximum absolute atomic E-state index is 12.6. The van der Waals surface area contributed by atoms with Crippen LogP contribution < -0.4 is 10.1 Å². The van der Waals surface area contributed by atoms with Gasteiger partial charge in [-0.2, -0.15) is 0 Å². The number of carboxylic acid groups (broad SMARTS) is 1. The van der Waals surface area contributed by atoms with Crippen molar-refractivity contribution in [2.45, 2.75) is 37.8 Å². The number of amides is 2. The Labute approximate surface area is 151 Å². The van der Waals surface area contributed by atoms with Crippen LogP contribution in [0.5, 0.6) is 5.75 Å². The monoisotopic (exact) mass is 368 g/mol. The molecule has 0 spiro atoms. The molecule has 0 saturated heterocycles. The molecule has 0 saturated carbocycles. The Morgan fingerprint density at radius 2 is 1.84 bits per heavy atom. The Morgan fingerprint density at radius 3 is 2.32 bits per heavy atom. The summed E-state index contributed by atoms with van der Waals surface area (Å²) in [7, 11) is 0. The molecule has 0 aromatic heterocycles. The molecule has 2 N–H and O–H groups in total. The lowest BCUT2D eigenvalue weighted by molar-refractivity contribution is -0.152. The van der Waals surface area contributed by atoms with Crippen molar-refractivity contribution in [1.82, 2.24) is 10.2 Å². The number of thioether (sulfide) groups is 1. The van der Waals surface area contributed by atoms with Gasteiger partial charge in [0.05, 0.1) is 0 Å². The van der Waals surface area contributed by atoms with Gasteiger partial charge in [-0.25, -0.2) is 4.79 Å². The summed E-state index contributed by atoms with van der Waals surface area (Å²) in [4.78, 5) is 37.1. The van der Waals surface area contributed by atoms with Crippen LogP contribution in [0.25, 0.3) is 0 Å². The van der Waals surface area contributed by atoms with Gasteiger partial charge >= 0.3 is 5.97 Å². The molecule has 2 amide bonds. The second-order valence-corrected chi connectivity index (χ2v) is 6.34. The van der Waals surface area contributed by atoms with E-state index in [0.717, 1.165) is 4.90 Å². The Balaban J connectivity index is 2.78. The summed E-state index contributed by atoms with van der Waals surface area (Å²) in [6.45, 7) is 4.62. The molecule has 2 atom stereocenters. The van der Waals surface area contributed by atoms with Crippen LogP contribution in [0.15, 0.2) is 29.2 Å². The Morgan fingerprint density at radius 1 is 1.24 bits per heavy atom. The minimum absolute atomic E-state index is 0.0883. The molecule has 0 aliphatic rings. The standard InChI is InChI=1S/C17H24N2O5S/c1-11(17(22)23)19(10-9-18-13(3)20)16(21)12(2)24-14-5-7-15(25-4)8-6-14/h5-8,11-12H,9-10H2,1-4H3,(H,18,20)(H,22,23). The highest BCUT2D eigenvalue weighted by Crippen LogP contribution is 2.20. The smallest absolute Gasteiger partial charge is 0.326 e. The summed E-state index contributed by atoms with van der Waals surface area (Å²) in [5.41, 5.74) is 0. The maximum atomic E-state index is 12.6. The molecular formula is C17H24N2O5S. The van der Waals surface area contributed by atoms with E-state index in [2.05, 4.69) is 5.32 Å². The average Bonchev–Trinajstić information content (AvgIpc) is 2.57. The lowest BCUT2D eigenvalue weighted by Crippen LogP contribution is -2.51. The van der Waals surface area contributed by atoms with Crippen molar-refractivity contribution in [2.75, 3.05) is 19.3 Å². The number of ether oxygens (including phenoxy) is 1. The summed E-state index contributed by atoms with van der Waals surface area (Å²) in [5.74, 6) is -1.28. The third kappa shape index (κ3) is 6.66. The van der Waals surface area contributed by atoms with E-state index in [0.29, 0.717) is 5.75 Å². The maximum Gasteiger partial charge on any atom is 0.326 e. The zero-order valence-corrected chi connectivity index (χ0v) is 15.6. The molecule has 0 aliphatic carbocycles. The Bertz CT molecular complexity index is 606. The van der Waals surface area contributed by atoms with E-state index in [1.807, 2.05) is 18.4 Å². The van der Waals surface area contributed by atoms with Crippen LogP contribution in [0.1, 0.15) is 20.8 Å². The first-order valence-corrected chi connectivity index (χ1v) is 9.07. The zero-order chi connectivity index (χ0) is 19.0. The van der Waals surface area contributed by atoms with Crippen molar-refractivity contribution in [1.29, 1.82) is 0 Å². The molecule has 1 aromatic rings. The van der Waals surface area contributed by atoms with Crippen molar-refractivity contribution in [3.05, 3.63) is 24.3 Å². The van der Waals surface area contributed by atoms with Crippen molar-refractivity contribution in [2.24, 2.45) is 0 Å². The van der Waals surface area contributed by atoms with Crippen LogP contribution in [-0.2, 0) is 14.4 Å². The van der Waals surface area contributed by atoms with Crippen LogP contribution >= 0.6 is 11.8 Å². The fraction of sp³-hybridized carbons (Fsp3) is 0.471. The number of carboxylic acids is 1. The number of hydrogen-bond acceptors (Lipinski definition) is 5. The van der Waals surface area contributed by atoms with Gasteiger partial charge in [0.15, 0.2) is 6.10 Å². The highest BCUT2D eigenvalue weighted by Gasteiger charge is 2.29. The number of carbonyl (C=O) groups is 3. The number of benzene rings is 1. The van der Waals surface area contributed by atoms with Gasteiger partial charge in [0.2, 0.25) is 5.91 Å². The number of carbonyl (C=O) groups excluding carboxylic acids is 2. The number of nitrogens with zero attached hydrogens (tertiary/aromatic N) is 1. The SMILES string of the molecule is CSc1ccc(OC(C)C(=O)N(CCNC(C)=O)C(C)C(=O)O)cc1. The summed E-state index contributed by atoms with van der Waals surface area (Å²) >= 11 is 1.60. The van der Waals surface area contributed by atoms with Gasteiger partial charge in [0.25, 0.3) is 5.91 Å². The summed E-state index contributed by atoms with van der Waals surface area (Å²) in [5, 5.41) is 11.8. The van der Waals surface area contributed by atoms with Gasteiger partial charge in [0.1, 0.15) is 11.8 Å². The van der Waals surface area contributed by atoms with Crippen molar-refractivity contribution >= 4 is 29.5 Å². The molecule has 0 heterocycles. The molecule has 138 valence electrons. The Kier molecular flexibility index (Phi) is 8.27. The molecule has 0 radical (unpaired) electrons. The van der Waals surface area contributed by atoms with Crippen LogP contribution in [-0.4, -0.2) is 59.3 Å². The molecule has 2 unspecified atom stereocenters. The zero-order valence-electron chi connectivity index (χ0n) is 14.8. The molecule has 1 rings (SSSR count). The number of hydrogen-bond donors (Lipinski definition) is 2. The lowest BCUT2D eigenvalue weighted by Gasteiger charge is -2.29. The highest BCUT2D eigenvalue weighted by atomic mass is 32.2. The molecule has 25 heavy (non-hydrogen) atoms. The predicted molar refractivity (Wildman–Crippen MR) is 95.8 cm³/mol.